The van der Waals surface area contributed by atoms with Crippen LogP contribution >= 0.6 is 22.9 Å². The molecular formula is C21H16ClFN4OS. The van der Waals surface area contributed by atoms with Gasteiger partial charge in [-0.2, -0.15) is 5.10 Å². The molecule has 146 valence electrons. The Bertz CT molecular complexity index is 1140. The predicted molar refractivity (Wildman–Crippen MR) is 113 cm³/mol. The third-order valence-corrected chi connectivity index (χ3v) is 5.56. The molecule has 0 aliphatic carbocycles. The monoisotopic (exact) mass is 426 g/mol. The number of nitrogens with one attached hydrogen (secondary N) is 1. The van der Waals surface area contributed by atoms with E-state index >= 15 is 0 Å². The summed E-state index contributed by atoms with van der Waals surface area (Å²) in [5.41, 5.74) is 2.39. The van der Waals surface area contributed by atoms with E-state index in [-0.39, 0.29) is 18.1 Å². The SMILES string of the molecule is O=C(Cc1csc(-c2ccc(F)cc2)n1)Nc1ccnn1Cc1ccccc1Cl. The van der Waals surface area contributed by atoms with Crippen molar-refractivity contribution in [1.29, 1.82) is 0 Å². The number of thiazole rings is 1. The van der Waals surface area contributed by atoms with Crippen LogP contribution in [0.2, 0.25) is 5.02 Å². The van der Waals surface area contributed by atoms with Crippen molar-refractivity contribution in [3.63, 3.8) is 0 Å². The maximum absolute atomic E-state index is 13.1. The number of hydrogen-bond acceptors (Lipinski definition) is 4. The summed E-state index contributed by atoms with van der Waals surface area (Å²) >= 11 is 7.63. The number of carbonyl (C=O) groups excluding carboxylic acids is 1. The topological polar surface area (TPSA) is 59.8 Å². The molecule has 0 atom stereocenters. The van der Waals surface area contributed by atoms with Gasteiger partial charge in [0.15, 0.2) is 0 Å². The quantitative estimate of drug-likeness (QED) is 0.470. The number of benzene rings is 2. The van der Waals surface area contributed by atoms with Gasteiger partial charge in [0.05, 0.1) is 24.9 Å². The van der Waals surface area contributed by atoms with Gasteiger partial charge in [0.1, 0.15) is 16.6 Å². The van der Waals surface area contributed by atoms with E-state index in [2.05, 4.69) is 15.4 Å². The lowest BCUT2D eigenvalue weighted by Gasteiger charge is -2.09. The van der Waals surface area contributed by atoms with Crippen LogP contribution in [0.4, 0.5) is 10.2 Å². The molecule has 0 saturated heterocycles. The van der Waals surface area contributed by atoms with E-state index < -0.39 is 0 Å². The zero-order valence-electron chi connectivity index (χ0n) is 15.2. The number of aromatic nitrogens is 3. The Kier molecular flexibility index (Phi) is 5.69. The molecule has 2 heterocycles. The Morgan fingerprint density at radius 2 is 1.93 bits per heavy atom. The first-order valence-electron chi connectivity index (χ1n) is 8.84. The van der Waals surface area contributed by atoms with E-state index in [1.807, 2.05) is 29.6 Å². The van der Waals surface area contributed by atoms with E-state index in [1.54, 1.807) is 29.1 Å². The third-order valence-electron chi connectivity index (χ3n) is 4.25. The lowest BCUT2D eigenvalue weighted by molar-refractivity contribution is -0.115. The van der Waals surface area contributed by atoms with Crippen LogP contribution in [0.5, 0.6) is 0 Å². The molecule has 4 aromatic rings. The summed E-state index contributed by atoms with van der Waals surface area (Å²) in [6.45, 7) is 0.452. The van der Waals surface area contributed by atoms with Crippen molar-refractivity contribution in [2.75, 3.05) is 5.32 Å². The summed E-state index contributed by atoms with van der Waals surface area (Å²) in [6.07, 6.45) is 1.76. The Balaban J connectivity index is 1.42. The summed E-state index contributed by atoms with van der Waals surface area (Å²) in [5, 5.41) is 10.4. The standard InChI is InChI=1S/C21H16ClFN4OS/c22-18-4-2-1-3-15(18)12-27-19(9-10-24-27)26-20(28)11-17-13-29-21(25-17)14-5-7-16(23)8-6-14/h1-10,13H,11-12H2,(H,26,28). The van der Waals surface area contributed by atoms with E-state index in [9.17, 15) is 9.18 Å². The summed E-state index contributed by atoms with van der Waals surface area (Å²) in [6, 6.07) is 15.4. The molecule has 1 amide bonds. The number of nitrogens with zero attached hydrogens (tertiary/aromatic N) is 3. The van der Waals surface area contributed by atoms with Crippen molar-refractivity contribution in [3.8, 4) is 10.6 Å². The zero-order valence-corrected chi connectivity index (χ0v) is 16.8. The van der Waals surface area contributed by atoms with Gasteiger partial charge in [-0.25, -0.2) is 14.1 Å². The highest BCUT2D eigenvalue weighted by Gasteiger charge is 2.12. The van der Waals surface area contributed by atoms with Gasteiger partial charge >= 0.3 is 0 Å². The van der Waals surface area contributed by atoms with Crippen LogP contribution in [-0.4, -0.2) is 20.7 Å². The molecule has 0 unspecified atom stereocenters. The first kappa shape index (κ1) is 19.3. The van der Waals surface area contributed by atoms with Gasteiger partial charge in [0, 0.05) is 22.0 Å². The van der Waals surface area contributed by atoms with Crippen molar-refractivity contribution in [2.24, 2.45) is 0 Å². The maximum atomic E-state index is 13.1. The fraction of sp³-hybridized carbons (Fsp3) is 0.0952. The molecule has 0 radical (unpaired) electrons. The fourth-order valence-corrected chi connectivity index (χ4v) is 3.84. The van der Waals surface area contributed by atoms with Crippen LogP contribution in [0.1, 0.15) is 11.3 Å². The minimum absolute atomic E-state index is 0.134. The van der Waals surface area contributed by atoms with E-state index in [0.717, 1.165) is 16.1 Å². The van der Waals surface area contributed by atoms with Gasteiger partial charge in [-0.05, 0) is 35.9 Å². The number of carbonyl (C=O) groups is 1. The van der Waals surface area contributed by atoms with Crippen molar-refractivity contribution in [3.05, 3.63) is 88.3 Å². The molecular weight excluding hydrogens is 411 g/mol. The van der Waals surface area contributed by atoms with Crippen LogP contribution in [0.25, 0.3) is 10.6 Å². The molecule has 29 heavy (non-hydrogen) atoms. The molecule has 2 aromatic heterocycles. The van der Waals surface area contributed by atoms with Gasteiger partial charge in [-0.1, -0.05) is 29.8 Å². The van der Waals surface area contributed by atoms with Gasteiger partial charge in [0.2, 0.25) is 5.91 Å². The lowest BCUT2D eigenvalue weighted by atomic mass is 10.2. The predicted octanol–water partition coefficient (Wildman–Crippen LogP) is 5.03. The fourth-order valence-electron chi connectivity index (χ4n) is 2.82. The van der Waals surface area contributed by atoms with Gasteiger partial charge in [-0.15, -0.1) is 11.3 Å². The lowest BCUT2D eigenvalue weighted by Crippen LogP contribution is -2.18. The molecule has 0 aliphatic heterocycles. The largest absolute Gasteiger partial charge is 0.311 e. The number of amides is 1. The Morgan fingerprint density at radius 1 is 1.14 bits per heavy atom. The molecule has 5 nitrogen and oxygen atoms in total. The van der Waals surface area contributed by atoms with Gasteiger partial charge in [0.25, 0.3) is 0 Å². The maximum Gasteiger partial charge on any atom is 0.231 e. The molecule has 0 aliphatic rings. The van der Waals surface area contributed by atoms with Crippen molar-refractivity contribution < 1.29 is 9.18 Å². The average Bonchev–Trinajstić information content (AvgIpc) is 3.34. The Hall–Kier alpha value is -3.03. The minimum Gasteiger partial charge on any atom is -0.311 e. The van der Waals surface area contributed by atoms with Gasteiger partial charge < -0.3 is 5.32 Å². The summed E-state index contributed by atoms with van der Waals surface area (Å²) in [4.78, 5) is 17.0. The Labute approximate surface area is 175 Å². The molecule has 1 N–H and O–H groups in total. The molecule has 4 rings (SSSR count). The first-order chi connectivity index (χ1) is 14.1. The van der Waals surface area contributed by atoms with E-state index in [0.29, 0.717) is 23.1 Å². The van der Waals surface area contributed by atoms with E-state index in [4.69, 9.17) is 11.6 Å². The summed E-state index contributed by atoms with van der Waals surface area (Å²) in [7, 11) is 0. The molecule has 8 heteroatoms. The second kappa shape index (κ2) is 8.55. The van der Waals surface area contributed by atoms with Crippen molar-refractivity contribution in [1.82, 2.24) is 14.8 Å². The van der Waals surface area contributed by atoms with Crippen LogP contribution < -0.4 is 5.32 Å². The first-order valence-corrected chi connectivity index (χ1v) is 10.1. The average molecular weight is 427 g/mol. The highest BCUT2D eigenvalue weighted by Crippen LogP contribution is 2.24. The van der Waals surface area contributed by atoms with Crippen LogP contribution in [0, 0.1) is 5.82 Å². The Morgan fingerprint density at radius 3 is 2.72 bits per heavy atom. The minimum atomic E-state index is -0.293. The molecule has 2 aromatic carbocycles. The normalized spacial score (nSPS) is 10.8. The zero-order chi connectivity index (χ0) is 20.2. The van der Waals surface area contributed by atoms with Crippen LogP contribution in [0.15, 0.2) is 66.2 Å². The van der Waals surface area contributed by atoms with Crippen molar-refractivity contribution >= 4 is 34.7 Å². The second-order valence-corrected chi connectivity index (χ2v) is 7.61. The molecule has 0 spiro atoms. The molecule has 0 fully saturated rings. The number of anilines is 1. The smallest absolute Gasteiger partial charge is 0.231 e. The van der Waals surface area contributed by atoms with Crippen molar-refractivity contribution in [2.45, 2.75) is 13.0 Å². The van der Waals surface area contributed by atoms with Gasteiger partial charge in [-0.3, -0.25) is 4.79 Å². The van der Waals surface area contributed by atoms with E-state index in [1.165, 1.54) is 23.5 Å². The molecule has 0 saturated carbocycles. The number of rotatable bonds is 6. The molecule has 0 bridgehead atoms. The summed E-state index contributed by atoms with van der Waals surface area (Å²) in [5.74, 6) is 0.101. The second-order valence-electron chi connectivity index (χ2n) is 6.34. The highest BCUT2D eigenvalue weighted by atomic mass is 35.5. The number of hydrogen-bond donors (Lipinski definition) is 1. The van der Waals surface area contributed by atoms with Crippen LogP contribution in [-0.2, 0) is 17.8 Å². The third kappa shape index (κ3) is 4.70. The summed E-state index contributed by atoms with van der Waals surface area (Å²) < 4.78 is 14.8. The van der Waals surface area contributed by atoms with Crippen LogP contribution in [0.3, 0.4) is 0 Å². The number of halogens is 2. The highest BCUT2D eigenvalue weighted by molar-refractivity contribution is 7.13.